The van der Waals surface area contributed by atoms with Crippen LogP contribution in [-0.4, -0.2) is 28.6 Å². The van der Waals surface area contributed by atoms with Crippen molar-refractivity contribution < 1.29 is 9.90 Å². The van der Waals surface area contributed by atoms with Gasteiger partial charge in [0.25, 0.3) is 0 Å². The highest BCUT2D eigenvalue weighted by atomic mass is 35.5. The Kier molecular flexibility index (Phi) is 3.03. The molecule has 1 atom stereocenters. The smallest absolute Gasteiger partial charge is 0.326 e. The van der Waals surface area contributed by atoms with E-state index in [2.05, 4.69) is 4.98 Å². The van der Waals surface area contributed by atoms with Crippen molar-refractivity contribution in [3.63, 3.8) is 0 Å². The van der Waals surface area contributed by atoms with Crippen molar-refractivity contribution in [1.29, 1.82) is 0 Å². The van der Waals surface area contributed by atoms with E-state index in [0.29, 0.717) is 11.4 Å². The van der Waals surface area contributed by atoms with Gasteiger partial charge in [0, 0.05) is 23.8 Å². The van der Waals surface area contributed by atoms with E-state index < -0.39 is 12.0 Å². The molecule has 1 aliphatic heterocycles. The first-order valence-electron chi connectivity index (χ1n) is 6.21. The molecule has 2 heterocycles. The third-order valence-corrected chi connectivity index (χ3v) is 3.85. The second-order valence-corrected chi connectivity index (χ2v) is 5.06. The van der Waals surface area contributed by atoms with Gasteiger partial charge in [0.05, 0.1) is 10.5 Å². The number of pyridine rings is 1. The summed E-state index contributed by atoms with van der Waals surface area (Å²) in [5.74, 6) is -0.774. The number of carboxylic acid groups (broad SMARTS) is 1. The van der Waals surface area contributed by atoms with Crippen molar-refractivity contribution >= 4 is 34.2 Å². The number of carboxylic acids is 1. The Morgan fingerprint density at radius 1 is 1.42 bits per heavy atom. The molecule has 1 unspecified atom stereocenters. The zero-order chi connectivity index (χ0) is 13.4. The largest absolute Gasteiger partial charge is 0.480 e. The van der Waals surface area contributed by atoms with Gasteiger partial charge in [-0.2, -0.15) is 0 Å². The minimum atomic E-state index is -0.774. The molecule has 5 heteroatoms. The van der Waals surface area contributed by atoms with Crippen LogP contribution >= 0.6 is 11.6 Å². The molecule has 0 amide bonds. The molecule has 1 N–H and O–H groups in total. The van der Waals surface area contributed by atoms with Crippen LogP contribution in [0.4, 0.5) is 5.69 Å². The highest BCUT2D eigenvalue weighted by Crippen LogP contribution is 2.33. The zero-order valence-corrected chi connectivity index (χ0v) is 11.0. The summed E-state index contributed by atoms with van der Waals surface area (Å²) in [4.78, 5) is 17.5. The summed E-state index contributed by atoms with van der Waals surface area (Å²) in [5, 5.41) is 10.8. The number of benzene rings is 1. The van der Waals surface area contributed by atoms with Crippen LogP contribution in [0, 0.1) is 0 Å². The van der Waals surface area contributed by atoms with Crippen molar-refractivity contribution in [2.75, 3.05) is 11.4 Å². The van der Waals surface area contributed by atoms with Gasteiger partial charge >= 0.3 is 5.97 Å². The molecular formula is C14H13ClN2O2. The minimum absolute atomic E-state index is 0.454. The van der Waals surface area contributed by atoms with Crippen molar-refractivity contribution in [3.8, 4) is 0 Å². The number of aromatic nitrogens is 1. The second-order valence-electron chi connectivity index (χ2n) is 4.66. The number of aliphatic carboxylic acids is 1. The van der Waals surface area contributed by atoms with Crippen LogP contribution in [-0.2, 0) is 4.79 Å². The quantitative estimate of drug-likeness (QED) is 0.916. The lowest BCUT2D eigenvalue weighted by Crippen LogP contribution is -2.36. The lowest BCUT2D eigenvalue weighted by Gasteiger charge is -2.25. The Hall–Kier alpha value is -1.81. The fraction of sp³-hybridized carbons (Fsp3) is 0.286. The third kappa shape index (κ3) is 2.02. The number of fused-ring (bicyclic) bond motifs is 1. The van der Waals surface area contributed by atoms with Crippen LogP contribution in [0.2, 0.25) is 5.02 Å². The Balaban J connectivity index is 2.15. The molecule has 1 fully saturated rings. The molecule has 0 spiro atoms. The molecule has 1 aromatic heterocycles. The predicted octanol–water partition coefficient (Wildman–Crippen LogP) is 2.94. The second kappa shape index (κ2) is 4.70. The van der Waals surface area contributed by atoms with Gasteiger partial charge in [-0.15, -0.1) is 0 Å². The molecule has 1 saturated heterocycles. The fourth-order valence-electron chi connectivity index (χ4n) is 2.69. The summed E-state index contributed by atoms with van der Waals surface area (Å²) in [7, 11) is 0. The van der Waals surface area contributed by atoms with Gasteiger partial charge in [-0.25, -0.2) is 4.79 Å². The van der Waals surface area contributed by atoms with E-state index in [0.717, 1.165) is 29.6 Å². The number of para-hydroxylation sites is 1. The summed E-state index contributed by atoms with van der Waals surface area (Å²) in [6, 6.07) is 6.99. The number of rotatable bonds is 2. The van der Waals surface area contributed by atoms with Gasteiger partial charge in [-0.3, -0.25) is 4.98 Å². The molecule has 0 saturated carbocycles. The first kappa shape index (κ1) is 12.2. The summed E-state index contributed by atoms with van der Waals surface area (Å²) in [6.45, 7) is 0.753. The maximum Gasteiger partial charge on any atom is 0.326 e. The molecule has 1 aromatic carbocycles. The van der Waals surface area contributed by atoms with Crippen LogP contribution in [0.15, 0.2) is 30.5 Å². The van der Waals surface area contributed by atoms with E-state index in [1.165, 1.54) is 0 Å². The normalized spacial score (nSPS) is 19.0. The van der Waals surface area contributed by atoms with E-state index in [1.54, 1.807) is 12.3 Å². The molecule has 1 aliphatic rings. The van der Waals surface area contributed by atoms with Crippen molar-refractivity contribution in [3.05, 3.63) is 35.5 Å². The van der Waals surface area contributed by atoms with Crippen LogP contribution in [0.25, 0.3) is 10.9 Å². The number of halogens is 1. The monoisotopic (exact) mass is 276 g/mol. The topological polar surface area (TPSA) is 53.4 Å². The Morgan fingerprint density at radius 3 is 3.05 bits per heavy atom. The maximum absolute atomic E-state index is 11.3. The SMILES string of the molecule is O=C(O)C1CCCN1c1ccnc2c(Cl)cccc12. The average molecular weight is 277 g/mol. The van der Waals surface area contributed by atoms with E-state index in [-0.39, 0.29) is 0 Å². The highest BCUT2D eigenvalue weighted by molar-refractivity contribution is 6.35. The number of hydrogen-bond donors (Lipinski definition) is 1. The Morgan fingerprint density at radius 2 is 2.26 bits per heavy atom. The minimum Gasteiger partial charge on any atom is -0.480 e. The van der Waals surface area contributed by atoms with E-state index >= 15 is 0 Å². The van der Waals surface area contributed by atoms with Crippen LogP contribution in [0.5, 0.6) is 0 Å². The highest BCUT2D eigenvalue weighted by Gasteiger charge is 2.31. The van der Waals surface area contributed by atoms with Gasteiger partial charge in [0.1, 0.15) is 6.04 Å². The first-order chi connectivity index (χ1) is 9.18. The van der Waals surface area contributed by atoms with Crippen molar-refractivity contribution in [1.82, 2.24) is 4.98 Å². The lowest BCUT2D eigenvalue weighted by molar-refractivity contribution is -0.138. The molecular weight excluding hydrogens is 264 g/mol. The molecule has 19 heavy (non-hydrogen) atoms. The fourth-order valence-corrected chi connectivity index (χ4v) is 2.91. The molecule has 0 radical (unpaired) electrons. The number of hydrogen-bond acceptors (Lipinski definition) is 3. The summed E-state index contributed by atoms with van der Waals surface area (Å²) >= 11 is 6.14. The van der Waals surface area contributed by atoms with Crippen LogP contribution in [0.1, 0.15) is 12.8 Å². The molecule has 3 rings (SSSR count). The first-order valence-corrected chi connectivity index (χ1v) is 6.59. The molecule has 98 valence electrons. The summed E-state index contributed by atoms with van der Waals surface area (Å²) in [6.07, 6.45) is 3.25. The summed E-state index contributed by atoms with van der Waals surface area (Å²) in [5.41, 5.74) is 1.62. The lowest BCUT2D eigenvalue weighted by atomic mass is 10.1. The third-order valence-electron chi connectivity index (χ3n) is 3.55. The molecule has 2 aromatic rings. The van der Waals surface area contributed by atoms with Gasteiger partial charge < -0.3 is 10.0 Å². The van der Waals surface area contributed by atoms with Crippen LogP contribution in [0.3, 0.4) is 0 Å². The van der Waals surface area contributed by atoms with Gasteiger partial charge in [-0.05, 0) is 25.0 Å². The standard InChI is InChI=1S/C14H13ClN2O2/c15-10-4-1-3-9-11(6-7-16-13(9)10)17-8-2-5-12(17)14(18)19/h1,3-4,6-7,12H,2,5,8H2,(H,18,19). The van der Waals surface area contributed by atoms with E-state index in [1.807, 2.05) is 23.1 Å². The predicted molar refractivity (Wildman–Crippen MR) is 74.8 cm³/mol. The molecule has 0 aliphatic carbocycles. The summed E-state index contributed by atoms with van der Waals surface area (Å²) < 4.78 is 0. The maximum atomic E-state index is 11.3. The number of anilines is 1. The van der Waals surface area contributed by atoms with E-state index in [9.17, 15) is 9.90 Å². The number of nitrogens with zero attached hydrogens (tertiary/aromatic N) is 2. The molecule has 4 nitrogen and oxygen atoms in total. The average Bonchev–Trinajstić information content (AvgIpc) is 2.88. The Bertz CT molecular complexity index is 644. The Labute approximate surface area is 115 Å². The van der Waals surface area contributed by atoms with Gasteiger partial charge in [-0.1, -0.05) is 23.7 Å². The zero-order valence-electron chi connectivity index (χ0n) is 10.2. The van der Waals surface area contributed by atoms with Crippen molar-refractivity contribution in [2.45, 2.75) is 18.9 Å². The number of carbonyl (C=O) groups is 1. The van der Waals surface area contributed by atoms with Crippen molar-refractivity contribution in [2.24, 2.45) is 0 Å². The van der Waals surface area contributed by atoms with Gasteiger partial charge in [0.15, 0.2) is 0 Å². The van der Waals surface area contributed by atoms with Crippen LogP contribution < -0.4 is 4.90 Å². The molecule has 0 bridgehead atoms. The van der Waals surface area contributed by atoms with E-state index in [4.69, 9.17) is 11.6 Å². The van der Waals surface area contributed by atoms with Gasteiger partial charge in [0.2, 0.25) is 0 Å².